The molecule has 0 saturated carbocycles. The number of carbonyl (C=O) groups excluding carboxylic acids is 2. The van der Waals surface area contributed by atoms with Gasteiger partial charge in [-0.2, -0.15) is 13.2 Å². The minimum Gasteiger partial charge on any atom is -0.345 e. The van der Waals surface area contributed by atoms with E-state index in [1.165, 1.54) is 7.05 Å². The third-order valence-corrected chi connectivity index (χ3v) is 2.36. The van der Waals surface area contributed by atoms with E-state index in [0.29, 0.717) is 0 Å². The normalized spacial score (nSPS) is 13.1. The van der Waals surface area contributed by atoms with Gasteiger partial charge in [0.2, 0.25) is 11.8 Å². The van der Waals surface area contributed by atoms with Crippen molar-refractivity contribution in [2.75, 3.05) is 26.0 Å². The van der Waals surface area contributed by atoms with Crippen LogP contribution >= 0.6 is 11.6 Å². The Morgan fingerprint density at radius 1 is 1.41 bits per heavy atom. The van der Waals surface area contributed by atoms with E-state index in [1.807, 2.05) is 0 Å². The summed E-state index contributed by atoms with van der Waals surface area (Å²) in [7, 11) is 1.33. The van der Waals surface area contributed by atoms with Gasteiger partial charge in [-0.25, -0.2) is 0 Å². The quantitative estimate of drug-likeness (QED) is 0.761. The van der Waals surface area contributed by atoms with Gasteiger partial charge in [-0.1, -0.05) is 6.92 Å². The lowest BCUT2D eigenvalue weighted by atomic mass is 10.2. The lowest BCUT2D eigenvalue weighted by Gasteiger charge is -2.19. The third kappa shape index (κ3) is 7.04. The second-order valence-corrected chi connectivity index (χ2v) is 3.95. The Morgan fingerprint density at radius 3 is 2.35 bits per heavy atom. The van der Waals surface area contributed by atoms with E-state index in [1.54, 1.807) is 12.2 Å². The number of halogens is 4. The highest BCUT2D eigenvalue weighted by atomic mass is 35.5. The predicted octanol–water partition coefficient (Wildman–Crippen LogP) is 0.998. The van der Waals surface area contributed by atoms with Crippen LogP contribution in [0.1, 0.15) is 6.92 Å². The van der Waals surface area contributed by atoms with Gasteiger partial charge in [0.15, 0.2) is 0 Å². The zero-order valence-corrected chi connectivity index (χ0v) is 10.2. The van der Waals surface area contributed by atoms with Crippen LogP contribution in [0.2, 0.25) is 0 Å². The van der Waals surface area contributed by atoms with Gasteiger partial charge in [-0.05, 0) is 0 Å². The maximum Gasteiger partial charge on any atom is 0.405 e. The summed E-state index contributed by atoms with van der Waals surface area (Å²) in [6.07, 6.45) is -4.46. The van der Waals surface area contributed by atoms with Gasteiger partial charge >= 0.3 is 6.18 Å². The molecule has 0 aromatic heterocycles. The van der Waals surface area contributed by atoms with Crippen molar-refractivity contribution in [1.29, 1.82) is 0 Å². The minimum absolute atomic E-state index is 0.0906. The molecule has 0 saturated heterocycles. The van der Waals surface area contributed by atoms with Crippen molar-refractivity contribution >= 4 is 23.4 Å². The summed E-state index contributed by atoms with van der Waals surface area (Å²) >= 11 is 5.45. The predicted molar refractivity (Wildman–Crippen MR) is 56.6 cm³/mol. The molecular formula is C9H14ClF3N2O2. The summed E-state index contributed by atoms with van der Waals surface area (Å²) in [4.78, 5) is 23.6. The van der Waals surface area contributed by atoms with E-state index in [9.17, 15) is 22.8 Å². The zero-order valence-electron chi connectivity index (χ0n) is 9.47. The molecule has 4 nitrogen and oxygen atoms in total. The fourth-order valence-electron chi connectivity index (χ4n) is 0.990. The van der Waals surface area contributed by atoms with Crippen molar-refractivity contribution in [1.82, 2.24) is 10.2 Å². The topological polar surface area (TPSA) is 49.4 Å². The van der Waals surface area contributed by atoms with Crippen LogP contribution in [0.5, 0.6) is 0 Å². The molecule has 1 N–H and O–H groups in total. The fraction of sp³-hybridized carbons (Fsp3) is 0.778. The molecule has 8 heteroatoms. The van der Waals surface area contributed by atoms with E-state index in [4.69, 9.17) is 11.6 Å². The smallest absolute Gasteiger partial charge is 0.345 e. The van der Waals surface area contributed by atoms with E-state index >= 15 is 0 Å². The summed E-state index contributed by atoms with van der Waals surface area (Å²) < 4.78 is 35.3. The molecule has 0 heterocycles. The van der Waals surface area contributed by atoms with Crippen LogP contribution in [-0.4, -0.2) is 48.9 Å². The lowest BCUT2D eigenvalue weighted by Crippen LogP contribution is -2.43. The van der Waals surface area contributed by atoms with Gasteiger partial charge < -0.3 is 10.2 Å². The van der Waals surface area contributed by atoms with Crippen LogP contribution in [0.4, 0.5) is 13.2 Å². The first-order valence-corrected chi connectivity index (χ1v) is 5.35. The molecule has 1 unspecified atom stereocenters. The van der Waals surface area contributed by atoms with Crippen LogP contribution in [0.15, 0.2) is 0 Å². The highest BCUT2D eigenvalue weighted by Crippen LogP contribution is 2.12. The molecule has 0 aliphatic carbocycles. The first-order valence-electron chi connectivity index (χ1n) is 4.81. The van der Waals surface area contributed by atoms with Gasteiger partial charge in [0, 0.05) is 18.8 Å². The van der Waals surface area contributed by atoms with Crippen molar-refractivity contribution in [3.05, 3.63) is 0 Å². The van der Waals surface area contributed by atoms with Crippen molar-refractivity contribution in [2.24, 2.45) is 5.92 Å². The monoisotopic (exact) mass is 274 g/mol. The highest BCUT2D eigenvalue weighted by molar-refractivity contribution is 6.19. The molecule has 17 heavy (non-hydrogen) atoms. The van der Waals surface area contributed by atoms with Gasteiger partial charge in [0.1, 0.15) is 6.54 Å². The average molecular weight is 275 g/mol. The average Bonchev–Trinajstić information content (AvgIpc) is 2.23. The SMILES string of the molecule is CC(CCl)C(=O)N(C)CC(=O)NCC(F)(F)F. The summed E-state index contributed by atoms with van der Waals surface area (Å²) in [5.41, 5.74) is 0. The molecule has 2 amide bonds. The summed E-state index contributed by atoms with van der Waals surface area (Å²) in [5, 5.41) is 1.67. The third-order valence-electron chi connectivity index (χ3n) is 1.90. The van der Waals surface area contributed by atoms with Gasteiger partial charge in [-0.3, -0.25) is 9.59 Å². The molecule has 0 aromatic rings. The molecule has 0 bridgehead atoms. The van der Waals surface area contributed by atoms with Crippen molar-refractivity contribution in [3.8, 4) is 0 Å². The number of likely N-dealkylation sites (N-methyl/N-ethyl adjacent to an activating group) is 1. The molecule has 0 aromatic carbocycles. The van der Waals surface area contributed by atoms with Crippen molar-refractivity contribution < 1.29 is 22.8 Å². The van der Waals surface area contributed by atoms with Gasteiger partial charge in [-0.15, -0.1) is 11.6 Å². The maximum absolute atomic E-state index is 11.8. The van der Waals surface area contributed by atoms with Crippen molar-refractivity contribution in [3.63, 3.8) is 0 Å². The van der Waals surface area contributed by atoms with E-state index < -0.39 is 31.1 Å². The Bertz CT molecular complexity index is 284. The molecule has 0 spiro atoms. The second-order valence-electron chi connectivity index (χ2n) is 3.64. The summed E-state index contributed by atoms with van der Waals surface area (Å²) in [5.74, 6) is -1.63. The Balaban J connectivity index is 4.08. The molecule has 0 rings (SSSR count). The van der Waals surface area contributed by atoms with Gasteiger partial charge in [0.25, 0.3) is 0 Å². The second kappa shape index (κ2) is 6.68. The molecule has 100 valence electrons. The molecule has 0 fully saturated rings. The Kier molecular flexibility index (Phi) is 6.30. The number of hydrogen-bond acceptors (Lipinski definition) is 2. The van der Waals surface area contributed by atoms with E-state index in [2.05, 4.69) is 0 Å². The molecule has 0 aliphatic rings. The number of hydrogen-bond donors (Lipinski definition) is 1. The van der Waals surface area contributed by atoms with Gasteiger partial charge in [0.05, 0.1) is 6.54 Å². The van der Waals surface area contributed by atoms with Crippen LogP contribution < -0.4 is 5.32 Å². The van der Waals surface area contributed by atoms with Crippen molar-refractivity contribution in [2.45, 2.75) is 13.1 Å². The molecule has 0 aliphatic heterocycles. The van der Waals surface area contributed by atoms with Crippen LogP contribution in [0.3, 0.4) is 0 Å². The first-order chi connectivity index (χ1) is 7.67. The summed E-state index contributed by atoms with van der Waals surface area (Å²) in [6, 6.07) is 0. The molecule has 1 atom stereocenters. The Labute approximate surface area is 102 Å². The fourth-order valence-corrected chi connectivity index (χ4v) is 1.12. The zero-order chi connectivity index (χ0) is 13.6. The minimum atomic E-state index is -4.46. The standard InChI is InChI=1S/C9H14ClF3N2O2/c1-6(3-10)8(17)15(2)4-7(16)14-5-9(11,12)13/h6H,3-5H2,1-2H3,(H,14,16). The van der Waals surface area contributed by atoms with Crippen LogP contribution in [-0.2, 0) is 9.59 Å². The number of alkyl halides is 4. The summed E-state index contributed by atoms with van der Waals surface area (Å²) in [6.45, 7) is -0.255. The number of nitrogens with one attached hydrogen (secondary N) is 1. The largest absolute Gasteiger partial charge is 0.405 e. The van der Waals surface area contributed by atoms with Crippen LogP contribution in [0, 0.1) is 5.92 Å². The van der Waals surface area contributed by atoms with E-state index in [-0.39, 0.29) is 11.8 Å². The molecular weight excluding hydrogens is 261 g/mol. The lowest BCUT2D eigenvalue weighted by molar-refractivity contribution is -0.142. The van der Waals surface area contributed by atoms with E-state index in [0.717, 1.165) is 4.90 Å². The Morgan fingerprint density at radius 2 is 1.94 bits per heavy atom. The number of rotatable bonds is 5. The first kappa shape index (κ1) is 16.0. The number of carbonyl (C=O) groups is 2. The highest BCUT2D eigenvalue weighted by Gasteiger charge is 2.28. The Hall–Kier alpha value is -0.980. The van der Waals surface area contributed by atoms with Crippen LogP contribution in [0.25, 0.3) is 0 Å². The maximum atomic E-state index is 11.8. The number of amides is 2. The number of nitrogens with zero attached hydrogens (tertiary/aromatic N) is 1. The molecule has 0 radical (unpaired) electrons.